The van der Waals surface area contributed by atoms with Crippen LogP contribution in [0, 0.1) is 5.41 Å². The van der Waals surface area contributed by atoms with E-state index in [1.165, 1.54) is 0 Å². The number of hydrogen-bond acceptors (Lipinski definition) is 3. The second-order valence-corrected chi connectivity index (χ2v) is 3.97. The van der Waals surface area contributed by atoms with Gasteiger partial charge in [-0.3, -0.25) is 10.4 Å². The van der Waals surface area contributed by atoms with E-state index in [2.05, 4.69) is 36.3 Å². The van der Waals surface area contributed by atoms with Gasteiger partial charge in [0.15, 0.2) is 0 Å². The molecule has 0 spiro atoms. The average molecular weight is 153 g/mol. The second-order valence-electron chi connectivity index (χ2n) is 3.97. The number of rotatable bonds is 1. The first kappa shape index (κ1) is 8.24. The van der Waals surface area contributed by atoms with Crippen LogP contribution in [0.2, 0.25) is 0 Å². The summed E-state index contributed by atoms with van der Waals surface area (Å²) in [4.78, 5) is 4.08. The fourth-order valence-electron chi connectivity index (χ4n) is 0.986. The van der Waals surface area contributed by atoms with Crippen molar-refractivity contribution in [2.75, 3.05) is 6.67 Å². The maximum absolute atomic E-state index is 4.13. The van der Waals surface area contributed by atoms with Crippen LogP contribution in [0.5, 0.6) is 0 Å². The van der Waals surface area contributed by atoms with Crippen molar-refractivity contribution < 1.29 is 0 Å². The molecule has 0 atom stereocenters. The summed E-state index contributed by atoms with van der Waals surface area (Å²) in [6, 6.07) is 0. The smallest absolute Gasteiger partial charge is 0.123 e. The van der Waals surface area contributed by atoms with Crippen LogP contribution in [0.4, 0.5) is 0 Å². The minimum Gasteiger partial charge on any atom is -0.288 e. The minimum atomic E-state index is 0.296. The third-order valence-electron chi connectivity index (χ3n) is 1.34. The van der Waals surface area contributed by atoms with Gasteiger partial charge < -0.3 is 0 Å². The average Bonchev–Trinajstić information content (AvgIpc) is 1.85. The Balaban J connectivity index is 2.49. The predicted molar refractivity (Wildman–Crippen MR) is 48.0 cm³/mol. The molecule has 0 saturated carbocycles. The third kappa shape index (κ3) is 3.16. The van der Waals surface area contributed by atoms with E-state index in [1.807, 2.05) is 6.21 Å². The fourth-order valence-corrected chi connectivity index (χ4v) is 0.986. The first-order valence-electron chi connectivity index (χ1n) is 3.87. The molecule has 1 rings (SSSR count). The topological polar surface area (TPSA) is 36.8 Å². The van der Waals surface area contributed by atoms with Crippen LogP contribution >= 0.6 is 0 Å². The van der Waals surface area contributed by atoms with Crippen molar-refractivity contribution in [3.05, 3.63) is 0 Å². The highest BCUT2D eigenvalue weighted by atomic mass is 15.3. The molecule has 0 aromatic heterocycles. The summed E-state index contributed by atoms with van der Waals surface area (Å²) in [7, 11) is 0. The first-order chi connectivity index (χ1) is 5.08. The maximum atomic E-state index is 4.13. The molecule has 0 unspecified atom stereocenters. The van der Waals surface area contributed by atoms with Crippen molar-refractivity contribution in [1.29, 1.82) is 0 Å². The van der Waals surface area contributed by atoms with Gasteiger partial charge in [0.1, 0.15) is 6.67 Å². The zero-order chi connectivity index (χ0) is 8.32. The van der Waals surface area contributed by atoms with Crippen LogP contribution in [-0.2, 0) is 0 Å². The van der Waals surface area contributed by atoms with E-state index in [9.17, 15) is 0 Å². The summed E-state index contributed by atoms with van der Waals surface area (Å²) >= 11 is 0. The third-order valence-corrected chi connectivity index (χ3v) is 1.34. The molecule has 1 aliphatic heterocycles. The Kier molecular flexibility index (Phi) is 2.27. The molecule has 0 saturated heterocycles. The van der Waals surface area contributed by atoms with Crippen LogP contribution in [-0.4, -0.2) is 18.6 Å². The summed E-state index contributed by atoms with van der Waals surface area (Å²) in [5, 5.41) is 4.13. The monoisotopic (exact) mass is 153 g/mol. The van der Waals surface area contributed by atoms with Gasteiger partial charge in [-0.25, -0.2) is 0 Å². The molecule has 0 aliphatic carbocycles. The molecular weight excluding hydrogens is 138 g/mol. The van der Waals surface area contributed by atoms with Gasteiger partial charge in [-0.1, -0.05) is 20.8 Å². The molecule has 62 valence electrons. The van der Waals surface area contributed by atoms with Crippen molar-refractivity contribution in [2.24, 2.45) is 15.5 Å². The Labute approximate surface area is 67.6 Å². The van der Waals surface area contributed by atoms with Crippen LogP contribution in [0.1, 0.15) is 27.2 Å². The largest absolute Gasteiger partial charge is 0.288 e. The zero-order valence-corrected chi connectivity index (χ0v) is 7.39. The van der Waals surface area contributed by atoms with E-state index < -0.39 is 0 Å². The molecule has 11 heavy (non-hydrogen) atoms. The number of nitrogens with one attached hydrogen (secondary N) is 1. The van der Waals surface area contributed by atoms with E-state index in [0.717, 1.165) is 12.1 Å². The molecule has 1 heterocycles. The molecule has 0 fully saturated rings. The lowest BCUT2D eigenvalue weighted by molar-refractivity contribution is 0.434. The maximum Gasteiger partial charge on any atom is 0.123 e. The van der Waals surface area contributed by atoms with Gasteiger partial charge in [0.2, 0.25) is 0 Å². The second kappa shape index (κ2) is 3.03. The van der Waals surface area contributed by atoms with Crippen molar-refractivity contribution in [2.45, 2.75) is 27.2 Å². The standard InChI is InChI=1S/C8H15N3/c1-8(2,3)4-7-5-9-6-10-11-7/h5,10H,4,6H2,1-3H3. The summed E-state index contributed by atoms with van der Waals surface area (Å²) in [5.41, 5.74) is 4.19. The number of hydrazone groups is 1. The highest BCUT2D eigenvalue weighted by molar-refractivity contribution is 6.30. The van der Waals surface area contributed by atoms with E-state index in [4.69, 9.17) is 0 Å². The van der Waals surface area contributed by atoms with Gasteiger partial charge >= 0.3 is 0 Å². The molecular formula is C8H15N3. The lowest BCUT2D eigenvalue weighted by Gasteiger charge is -2.18. The van der Waals surface area contributed by atoms with Gasteiger partial charge in [-0.05, 0) is 11.8 Å². The van der Waals surface area contributed by atoms with Crippen molar-refractivity contribution in [1.82, 2.24) is 5.43 Å². The van der Waals surface area contributed by atoms with Gasteiger partial charge in [0, 0.05) is 6.21 Å². The molecule has 0 aromatic carbocycles. The molecule has 0 radical (unpaired) electrons. The lowest BCUT2D eigenvalue weighted by Crippen LogP contribution is -2.22. The SMILES string of the molecule is CC(C)(C)CC1=NNCN=C1. The number of aliphatic imine (C=N–C) groups is 1. The minimum absolute atomic E-state index is 0.296. The Morgan fingerprint density at radius 1 is 1.55 bits per heavy atom. The highest BCUT2D eigenvalue weighted by Gasteiger charge is 2.13. The normalized spacial score (nSPS) is 17.5. The van der Waals surface area contributed by atoms with Crippen LogP contribution in [0.3, 0.4) is 0 Å². The molecule has 3 nitrogen and oxygen atoms in total. The van der Waals surface area contributed by atoms with Gasteiger partial charge in [0.05, 0.1) is 5.71 Å². The molecule has 3 heteroatoms. The fraction of sp³-hybridized carbons (Fsp3) is 0.750. The lowest BCUT2D eigenvalue weighted by atomic mass is 9.90. The van der Waals surface area contributed by atoms with Crippen LogP contribution in [0.25, 0.3) is 0 Å². The van der Waals surface area contributed by atoms with E-state index in [-0.39, 0.29) is 0 Å². The van der Waals surface area contributed by atoms with Crippen LogP contribution in [0.15, 0.2) is 10.1 Å². The molecule has 1 aliphatic rings. The van der Waals surface area contributed by atoms with Crippen molar-refractivity contribution >= 4 is 11.9 Å². The summed E-state index contributed by atoms with van der Waals surface area (Å²) in [6.45, 7) is 7.20. The molecule has 0 aromatic rings. The Bertz CT molecular complexity index is 186. The quantitative estimate of drug-likeness (QED) is 0.607. The summed E-state index contributed by atoms with van der Waals surface area (Å²) in [6.07, 6.45) is 2.82. The number of hydrogen-bond donors (Lipinski definition) is 1. The summed E-state index contributed by atoms with van der Waals surface area (Å²) in [5.74, 6) is 0. The number of nitrogens with zero attached hydrogens (tertiary/aromatic N) is 2. The van der Waals surface area contributed by atoms with Crippen molar-refractivity contribution in [3.8, 4) is 0 Å². The van der Waals surface area contributed by atoms with Gasteiger partial charge in [-0.2, -0.15) is 5.10 Å². The Hall–Kier alpha value is -0.860. The summed E-state index contributed by atoms with van der Waals surface area (Å²) < 4.78 is 0. The van der Waals surface area contributed by atoms with E-state index in [1.54, 1.807) is 0 Å². The van der Waals surface area contributed by atoms with Gasteiger partial charge in [0.25, 0.3) is 0 Å². The van der Waals surface area contributed by atoms with Gasteiger partial charge in [-0.15, -0.1) is 0 Å². The van der Waals surface area contributed by atoms with Crippen LogP contribution < -0.4 is 5.43 Å². The van der Waals surface area contributed by atoms with E-state index >= 15 is 0 Å². The highest BCUT2D eigenvalue weighted by Crippen LogP contribution is 2.18. The Morgan fingerprint density at radius 2 is 2.27 bits per heavy atom. The Morgan fingerprint density at radius 3 is 2.73 bits per heavy atom. The van der Waals surface area contributed by atoms with E-state index in [0.29, 0.717) is 12.1 Å². The van der Waals surface area contributed by atoms with Crippen molar-refractivity contribution in [3.63, 3.8) is 0 Å². The molecule has 1 N–H and O–H groups in total. The first-order valence-corrected chi connectivity index (χ1v) is 3.87. The zero-order valence-electron chi connectivity index (χ0n) is 7.39. The predicted octanol–water partition coefficient (Wildman–Crippen LogP) is 1.41. The molecule has 0 bridgehead atoms. The molecule has 0 amide bonds.